The van der Waals surface area contributed by atoms with Gasteiger partial charge in [0.05, 0.1) is 32.6 Å². The molecular weight excluding hydrogens is 232 g/mol. The minimum Gasteiger partial charge on any atom is -0.496 e. The van der Waals surface area contributed by atoms with Crippen molar-refractivity contribution in [2.24, 2.45) is 0 Å². The first-order valence-electron chi connectivity index (χ1n) is 5.52. The van der Waals surface area contributed by atoms with E-state index in [-0.39, 0.29) is 0 Å². The maximum atomic E-state index is 5.38. The summed E-state index contributed by atoms with van der Waals surface area (Å²) in [5.41, 5.74) is 2.57. The second-order valence-electron chi connectivity index (χ2n) is 3.84. The van der Waals surface area contributed by atoms with Gasteiger partial charge in [0.15, 0.2) is 0 Å². The lowest BCUT2D eigenvalue weighted by Crippen LogP contribution is -1.95. The molecule has 1 aromatic carbocycles. The third kappa shape index (κ3) is 2.11. The van der Waals surface area contributed by atoms with Crippen LogP contribution in [-0.4, -0.2) is 31.5 Å². The molecule has 0 saturated carbocycles. The highest BCUT2D eigenvalue weighted by molar-refractivity contribution is 5.76. The van der Waals surface area contributed by atoms with E-state index in [4.69, 9.17) is 14.2 Å². The van der Waals surface area contributed by atoms with E-state index in [1.807, 2.05) is 25.1 Å². The maximum Gasteiger partial charge on any atom is 0.135 e. The molecule has 5 nitrogen and oxygen atoms in total. The molecule has 0 saturated heterocycles. The molecule has 1 N–H and O–H groups in total. The van der Waals surface area contributed by atoms with E-state index < -0.39 is 0 Å². The lowest BCUT2D eigenvalue weighted by Gasteiger charge is -2.13. The molecule has 0 unspecified atom stereocenters. The molecule has 0 aliphatic carbocycles. The first-order valence-corrected chi connectivity index (χ1v) is 5.52. The lowest BCUT2D eigenvalue weighted by atomic mass is 10.1. The number of H-pyrrole nitrogens is 1. The van der Waals surface area contributed by atoms with Gasteiger partial charge in [-0.1, -0.05) is 0 Å². The summed E-state index contributed by atoms with van der Waals surface area (Å²) in [4.78, 5) is 0. The number of nitrogens with one attached hydrogen (secondary N) is 1. The van der Waals surface area contributed by atoms with Crippen LogP contribution in [0.5, 0.6) is 17.2 Å². The van der Waals surface area contributed by atoms with E-state index >= 15 is 0 Å². The largest absolute Gasteiger partial charge is 0.496 e. The van der Waals surface area contributed by atoms with E-state index in [1.54, 1.807) is 21.3 Å². The van der Waals surface area contributed by atoms with Crippen molar-refractivity contribution in [2.45, 2.75) is 6.92 Å². The van der Waals surface area contributed by atoms with E-state index in [0.29, 0.717) is 17.2 Å². The minimum absolute atomic E-state index is 0.665. The van der Waals surface area contributed by atoms with Crippen molar-refractivity contribution in [2.75, 3.05) is 21.3 Å². The second-order valence-corrected chi connectivity index (χ2v) is 3.84. The summed E-state index contributed by atoms with van der Waals surface area (Å²) in [6.45, 7) is 1.94. The predicted octanol–water partition coefficient (Wildman–Crippen LogP) is 2.41. The number of hydrogen-bond donors (Lipinski definition) is 1. The van der Waals surface area contributed by atoms with Crippen LogP contribution in [0.2, 0.25) is 0 Å². The second kappa shape index (κ2) is 5.00. The van der Waals surface area contributed by atoms with Gasteiger partial charge in [-0.05, 0) is 13.0 Å². The number of aromatic amines is 1. The first kappa shape index (κ1) is 12.3. The molecule has 0 fully saturated rings. The van der Waals surface area contributed by atoms with Crippen LogP contribution < -0.4 is 14.2 Å². The monoisotopic (exact) mass is 248 g/mol. The summed E-state index contributed by atoms with van der Waals surface area (Å²) < 4.78 is 16.0. The van der Waals surface area contributed by atoms with E-state index in [1.165, 1.54) is 0 Å². The molecule has 0 spiro atoms. The van der Waals surface area contributed by atoms with Gasteiger partial charge in [0.25, 0.3) is 0 Å². The van der Waals surface area contributed by atoms with Crippen molar-refractivity contribution in [1.82, 2.24) is 10.2 Å². The number of hydrogen-bond acceptors (Lipinski definition) is 4. The lowest BCUT2D eigenvalue weighted by molar-refractivity contribution is 0.377. The number of ether oxygens (including phenoxy) is 3. The molecular formula is C13H16N2O3. The molecule has 18 heavy (non-hydrogen) atoms. The molecule has 0 radical (unpaired) electrons. The zero-order valence-electron chi connectivity index (χ0n) is 10.9. The number of nitrogens with zero attached hydrogens (tertiary/aromatic N) is 1. The Balaban J connectivity index is 2.63. The molecule has 0 aliphatic heterocycles. The van der Waals surface area contributed by atoms with Crippen LogP contribution in [0.15, 0.2) is 18.2 Å². The maximum absolute atomic E-state index is 5.38. The van der Waals surface area contributed by atoms with Crippen LogP contribution in [0.4, 0.5) is 0 Å². The normalized spacial score (nSPS) is 10.2. The SMILES string of the molecule is COc1cc(OC)c(-c2cc(C)[nH]n2)c(OC)c1. The average molecular weight is 248 g/mol. The summed E-state index contributed by atoms with van der Waals surface area (Å²) in [5, 5.41) is 7.14. The Kier molecular flexibility index (Phi) is 3.41. The zero-order chi connectivity index (χ0) is 13.1. The Morgan fingerprint density at radius 3 is 1.94 bits per heavy atom. The number of rotatable bonds is 4. The molecule has 1 heterocycles. The average Bonchev–Trinajstić information content (AvgIpc) is 2.83. The van der Waals surface area contributed by atoms with Crippen LogP contribution >= 0.6 is 0 Å². The fourth-order valence-corrected chi connectivity index (χ4v) is 1.80. The molecule has 0 atom stereocenters. The van der Waals surface area contributed by atoms with Gasteiger partial charge in [-0.2, -0.15) is 5.10 Å². The van der Waals surface area contributed by atoms with Gasteiger partial charge in [-0.3, -0.25) is 5.10 Å². The van der Waals surface area contributed by atoms with Gasteiger partial charge in [-0.25, -0.2) is 0 Å². The highest BCUT2D eigenvalue weighted by Crippen LogP contribution is 2.40. The predicted molar refractivity (Wildman–Crippen MR) is 68.4 cm³/mol. The van der Waals surface area contributed by atoms with Gasteiger partial charge >= 0.3 is 0 Å². The van der Waals surface area contributed by atoms with E-state index in [0.717, 1.165) is 17.0 Å². The molecule has 96 valence electrons. The number of aryl methyl sites for hydroxylation is 1. The third-order valence-electron chi connectivity index (χ3n) is 2.68. The molecule has 2 rings (SSSR count). The van der Waals surface area contributed by atoms with Crippen molar-refractivity contribution in [3.63, 3.8) is 0 Å². The molecule has 1 aromatic heterocycles. The zero-order valence-corrected chi connectivity index (χ0v) is 10.9. The molecule has 0 amide bonds. The van der Waals surface area contributed by atoms with Gasteiger partial charge < -0.3 is 14.2 Å². The number of benzene rings is 1. The fourth-order valence-electron chi connectivity index (χ4n) is 1.80. The van der Waals surface area contributed by atoms with Gasteiger partial charge in [0, 0.05) is 17.8 Å². The van der Waals surface area contributed by atoms with E-state index in [2.05, 4.69) is 10.2 Å². The number of aromatic nitrogens is 2. The van der Waals surface area contributed by atoms with E-state index in [9.17, 15) is 0 Å². The van der Waals surface area contributed by atoms with Crippen molar-refractivity contribution in [3.05, 3.63) is 23.9 Å². The highest BCUT2D eigenvalue weighted by atomic mass is 16.5. The summed E-state index contributed by atoms with van der Waals surface area (Å²) in [5.74, 6) is 2.01. The Hall–Kier alpha value is -2.17. The summed E-state index contributed by atoms with van der Waals surface area (Å²) in [6, 6.07) is 5.55. The van der Waals surface area contributed by atoms with Crippen molar-refractivity contribution in [1.29, 1.82) is 0 Å². The van der Waals surface area contributed by atoms with Crippen LogP contribution in [0, 0.1) is 6.92 Å². The summed E-state index contributed by atoms with van der Waals surface area (Å²) >= 11 is 0. The van der Waals surface area contributed by atoms with Crippen molar-refractivity contribution in [3.8, 4) is 28.5 Å². The molecule has 0 bridgehead atoms. The Morgan fingerprint density at radius 2 is 1.56 bits per heavy atom. The van der Waals surface area contributed by atoms with Crippen molar-refractivity contribution >= 4 is 0 Å². The van der Waals surface area contributed by atoms with Crippen LogP contribution in [0.1, 0.15) is 5.69 Å². The first-order chi connectivity index (χ1) is 8.69. The highest BCUT2D eigenvalue weighted by Gasteiger charge is 2.17. The van der Waals surface area contributed by atoms with Gasteiger partial charge in [-0.15, -0.1) is 0 Å². The molecule has 0 aliphatic rings. The summed E-state index contributed by atoms with van der Waals surface area (Å²) in [7, 11) is 4.82. The third-order valence-corrected chi connectivity index (χ3v) is 2.68. The smallest absolute Gasteiger partial charge is 0.135 e. The van der Waals surface area contributed by atoms with Crippen LogP contribution in [0.25, 0.3) is 11.3 Å². The Bertz CT molecular complexity index is 524. The Labute approximate surface area is 106 Å². The van der Waals surface area contributed by atoms with Crippen LogP contribution in [0.3, 0.4) is 0 Å². The van der Waals surface area contributed by atoms with Gasteiger partial charge in [0.2, 0.25) is 0 Å². The van der Waals surface area contributed by atoms with Crippen LogP contribution in [-0.2, 0) is 0 Å². The molecule has 5 heteroatoms. The van der Waals surface area contributed by atoms with Gasteiger partial charge in [0.1, 0.15) is 17.2 Å². The number of methoxy groups -OCH3 is 3. The van der Waals surface area contributed by atoms with Crippen molar-refractivity contribution < 1.29 is 14.2 Å². The Morgan fingerprint density at radius 1 is 0.944 bits per heavy atom. The molecule has 2 aromatic rings. The summed E-state index contributed by atoms with van der Waals surface area (Å²) in [6.07, 6.45) is 0. The minimum atomic E-state index is 0.665. The standard InChI is InChI=1S/C13H16N2O3/c1-8-5-10(15-14-8)13-11(17-3)6-9(16-2)7-12(13)18-4/h5-7H,1-4H3,(H,14,15). The quantitative estimate of drug-likeness (QED) is 0.902. The fraction of sp³-hybridized carbons (Fsp3) is 0.308. The topological polar surface area (TPSA) is 56.4 Å².